The molecule has 0 bridgehead atoms. The van der Waals surface area contributed by atoms with Crippen molar-refractivity contribution in [1.29, 1.82) is 0 Å². The Morgan fingerprint density at radius 1 is 1.12 bits per heavy atom. The Morgan fingerprint density at radius 3 is 2.44 bits per heavy atom. The molecule has 0 radical (unpaired) electrons. The maximum Gasteiger partial charge on any atom is 0.269 e. The fourth-order valence-corrected chi connectivity index (χ4v) is 4.40. The summed E-state index contributed by atoms with van der Waals surface area (Å²) < 4.78 is 31.0. The number of nitrogens with one attached hydrogen (secondary N) is 1. The van der Waals surface area contributed by atoms with Crippen molar-refractivity contribution in [3.05, 3.63) is 54.1 Å². The van der Waals surface area contributed by atoms with Gasteiger partial charge in [-0.1, -0.05) is 24.3 Å². The molecule has 2 aromatic rings. The average molecular weight is 360 g/mol. The first-order chi connectivity index (χ1) is 11.9. The molecule has 1 aliphatic rings. The molecule has 2 amide bonds. The first kappa shape index (κ1) is 17.0. The number of para-hydroxylation sites is 2. The van der Waals surface area contributed by atoms with Crippen LogP contribution in [0.4, 0.5) is 5.69 Å². The molecular weight excluding hydrogens is 344 g/mol. The van der Waals surface area contributed by atoms with Crippen LogP contribution >= 0.6 is 0 Å². The van der Waals surface area contributed by atoms with E-state index >= 15 is 0 Å². The van der Waals surface area contributed by atoms with E-state index in [0.29, 0.717) is 15.7 Å². The van der Waals surface area contributed by atoms with Gasteiger partial charge in [0.05, 0.1) is 18.4 Å². The lowest BCUT2D eigenvalue weighted by Gasteiger charge is -2.22. The third-order valence-corrected chi connectivity index (χ3v) is 5.86. The summed E-state index contributed by atoms with van der Waals surface area (Å²) in [7, 11) is -2.60. The van der Waals surface area contributed by atoms with E-state index in [1.807, 2.05) is 0 Å². The number of fused-ring (bicyclic) bond motifs is 1. The number of amides is 2. The van der Waals surface area contributed by atoms with Crippen LogP contribution in [0.25, 0.3) is 0 Å². The van der Waals surface area contributed by atoms with Crippen LogP contribution < -0.4 is 10.1 Å². The average Bonchev–Trinajstić information content (AvgIpc) is 2.81. The summed E-state index contributed by atoms with van der Waals surface area (Å²) in [5.41, 5.74) is 0.461. The van der Waals surface area contributed by atoms with Crippen molar-refractivity contribution in [2.24, 2.45) is 0 Å². The maximum atomic E-state index is 12.6. The molecule has 1 heterocycles. The van der Waals surface area contributed by atoms with E-state index in [-0.39, 0.29) is 10.5 Å². The van der Waals surface area contributed by atoms with Gasteiger partial charge in [-0.2, -0.15) is 0 Å². The summed E-state index contributed by atoms with van der Waals surface area (Å²) in [6.07, 6.45) is 0. The van der Waals surface area contributed by atoms with Crippen LogP contribution in [0.2, 0.25) is 0 Å². The topological polar surface area (TPSA) is 92.8 Å². The zero-order valence-corrected chi connectivity index (χ0v) is 14.4. The van der Waals surface area contributed by atoms with Crippen molar-refractivity contribution in [2.75, 3.05) is 12.4 Å². The SMILES string of the molecule is COc1ccccc1NC(=O)[C@H](C)N1C(=O)c2ccccc2S1(=O)=O. The highest BCUT2D eigenvalue weighted by Crippen LogP contribution is 2.32. The summed E-state index contributed by atoms with van der Waals surface area (Å²) in [5, 5.41) is 2.60. The van der Waals surface area contributed by atoms with Gasteiger partial charge < -0.3 is 10.1 Å². The minimum Gasteiger partial charge on any atom is -0.495 e. The number of benzene rings is 2. The third-order valence-electron chi connectivity index (χ3n) is 3.95. The zero-order chi connectivity index (χ0) is 18.2. The summed E-state index contributed by atoms with van der Waals surface area (Å²) in [5.74, 6) is -0.908. The summed E-state index contributed by atoms with van der Waals surface area (Å²) in [4.78, 5) is 24.9. The zero-order valence-electron chi connectivity index (χ0n) is 13.6. The van der Waals surface area contributed by atoms with E-state index < -0.39 is 27.9 Å². The number of rotatable bonds is 4. The number of ether oxygens (including phenoxy) is 1. The van der Waals surface area contributed by atoms with E-state index in [1.165, 1.54) is 32.2 Å². The van der Waals surface area contributed by atoms with Crippen LogP contribution in [0.3, 0.4) is 0 Å². The lowest BCUT2D eigenvalue weighted by Crippen LogP contribution is -2.45. The minimum absolute atomic E-state index is 0.0689. The van der Waals surface area contributed by atoms with Gasteiger partial charge in [0.2, 0.25) is 5.91 Å². The first-order valence-corrected chi connectivity index (χ1v) is 8.93. The Balaban J connectivity index is 1.90. The molecule has 0 fully saturated rings. The molecular formula is C17H16N2O5S. The Morgan fingerprint density at radius 2 is 1.76 bits per heavy atom. The van der Waals surface area contributed by atoms with E-state index in [2.05, 4.69) is 5.32 Å². The van der Waals surface area contributed by atoms with Gasteiger partial charge in [-0.25, -0.2) is 12.7 Å². The molecule has 8 heteroatoms. The number of methoxy groups -OCH3 is 1. The van der Waals surface area contributed by atoms with E-state index in [1.54, 1.807) is 30.3 Å². The molecule has 0 aromatic heterocycles. The Bertz CT molecular complexity index is 955. The smallest absolute Gasteiger partial charge is 0.269 e. The molecule has 0 unspecified atom stereocenters. The van der Waals surface area contributed by atoms with Crippen LogP contribution in [-0.2, 0) is 14.8 Å². The van der Waals surface area contributed by atoms with Crippen LogP contribution in [0, 0.1) is 0 Å². The molecule has 3 rings (SSSR count). The number of carbonyl (C=O) groups excluding carboxylic acids is 2. The molecule has 130 valence electrons. The van der Waals surface area contributed by atoms with Gasteiger partial charge in [0.15, 0.2) is 0 Å². The molecule has 0 saturated heterocycles. The van der Waals surface area contributed by atoms with Crippen LogP contribution in [0.15, 0.2) is 53.4 Å². The number of anilines is 1. The van der Waals surface area contributed by atoms with E-state index in [9.17, 15) is 18.0 Å². The largest absolute Gasteiger partial charge is 0.495 e. The predicted octanol–water partition coefficient (Wildman–Crippen LogP) is 1.87. The number of nitrogens with zero attached hydrogens (tertiary/aromatic N) is 1. The molecule has 2 aromatic carbocycles. The lowest BCUT2D eigenvalue weighted by molar-refractivity contribution is -0.118. The van der Waals surface area contributed by atoms with Crippen molar-refractivity contribution in [1.82, 2.24) is 4.31 Å². The monoisotopic (exact) mass is 360 g/mol. The van der Waals surface area contributed by atoms with E-state index in [4.69, 9.17) is 4.74 Å². The molecule has 1 N–H and O–H groups in total. The predicted molar refractivity (Wildman–Crippen MR) is 90.9 cm³/mol. The second kappa shape index (κ2) is 6.21. The molecule has 7 nitrogen and oxygen atoms in total. The molecule has 0 saturated carbocycles. The van der Waals surface area contributed by atoms with Gasteiger partial charge in [0, 0.05) is 0 Å². The van der Waals surface area contributed by atoms with Crippen molar-refractivity contribution in [3.63, 3.8) is 0 Å². The normalized spacial score (nSPS) is 16.2. The number of hydrogen-bond donors (Lipinski definition) is 1. The molecule has 0 aliphatic carbocycles. The maximum absolute atomic E-state index is 12.6. The summed E-state index contributed by atoms with van der Waals surface area (Å²) in [6.45, 7) is 1.37. The second-order valence-electron chi connectivity index (χ2n) is 5.47. The third kappa shape index (κ3) is 2.74. The van der Waals surface area contributed by atoms with Crippen molar-refractivity contribution in [3.8, 4) is 5.75 Å². The van der Waals surface area contributed by atoms with Gasteiger partial charge in [-0.15, -0.1) is 0 Å². The quantitative estimate of drug-likeness (QED) is 0.898. The fourth-order valence-electron chi connectivity index (χ4n) is 2.68. The highest BCUT2D eigenvalue weighted by molar-refractivity contribution is 7.90. The molecule has 0 spiro atoms. The number of sulfonamides is 1. The van der Waals surface area contributed by atoms with Gasteiger partial charge >= 0.3 is 0 Å². The van der Waals surface area contributed by atoms with Crippen LogP contribution in [0.5, 0.6) is 5.75 Å². The van der Waals surface area contributed by atoms with Gasteiger partial charge in [-0.3, -0.25) is 9.59 Å². The molecule has 25 heavy (non-hydrogen) atoms. The fraction of sp³-hybridized carbons (Fsp3) is 0.176. The van der Waals surface area contributed by atoms with Gasteiger partial charge in [0.25, 0.3) is 15.9 Å². The number of carbonyl (C=O) groups is 2. The summed E-state index contributed by atoms with van der Waals surface area (Å²) >= 11 is 0. The van der Waals surface area contributed by atoms with Gasteiger partial charge in [-0.05, 0) is 31.2 Å². The highest BCUT2D eigenvalue weighted by atomic mass is 32.2. The molecule has 1 aliphatic heterocycles. The summed E-state index contributed by atoms with van der Waals surface area (Å²) in [6, 6.07) is 11.4. The second-order valence-corrected chi connectivity index (χ2v) is 7.25. The van der Waals surface area contributed by atoms with Gasteiger partial charge in [0.1, 0.15) is 16.7 Å². The minimum atomic E-state index is -4.06. The highest BCUT2D eigenvalue weighted by Gasteiger charge is 2.45. The van der Waals surface area contributed by atoms with E-state index in [0.717, 1.165) is 0 Å². The number of hydrogen-bond acceptors (Lipinski definition) is 5. The Hall–Kier alpha value is -2.87. The Kier molecular flexibility index (Phi) is 4.22. The Labute approximate surface area is 145 Å². The van der Waals surface area contributed by atoms with Crippen LogP contribution in [0.1, 0.15) is 17.3 Å². The standard InChI is InChI=1S/C17H16N2O5S/c1-11(16(20)18-13-8-4-5-9-14(13)24-2)19-17(21)12-7-3-6-10-15(12)25(19,22)23/h3-11H,1-2H3,(H,18,20)/t11-/m0/s1. The van der Waals surface area contributed by atoms with Crippen molar-refractivity contribution < 1.29 is 22.7 Å². The first-order valence-electron chi connectivity index (χ1n) is 7.49. The van der Waals surface area contributed by atoms with Crippen molar-refractivity contribution >= 4 is 27.5 Å². The van der Waals surface area contributed by atoms with Crippen molar-refractivity contribution in [2.45, 2.75) is 17.9 Å². The van der Waals surface area contributed by atoms with Crippen LogP contribution in [-0.4, -0.2) is 37.7 Å². The molecule has 1 atom stereocenters. The lowest BCUT2D eigenvalue weighted by atomic mass is 10.2.